The Hall–Kier alpha value is -1.22. The van der Waals surface area contributed by atoms with E-state index in [2.05, 4.69) is 0 Å². The summed E-state index contributed by atoms with van der Waals surface area (Å²) in [5, 5.41) is 0. The Bertz CT molecular complexity index is 565. The highest BCUT2D eigenvalue weighted by Crippen LogP contribution is 2.63. The van der Waals surface area contributed by atoms with Gasteiger partial charge < -0.3 is 28.4 Å². The number of carbonyl (C=O) groups is 2. The first kappa shape index (κ1) is 17.2. The van der Waals surface area contributed by atoms with Crippen LogP contribution < -0.4 is 0 Å². The summed E-state index contributed by atoms with van der Waals surface area (Å²) in [6, 6.07) is 0. The number of rotatable bonds is 2. The maximum Gasteiger partial charge on any atom is 0.305 e. The van der Waals surface area contributed by atoms with Crippen molar-refractivity contribution in [1.82, 2.24) is 0 Å². The Labute approximate surface area is 146 Å². The number of fused-ring (bicyclic) bond motifs is 1. The van der Waals surface area contributed by atoms with Crippen LogP contribution in [0.2, 0.25) is 0 Å². The SMILES string of the molecule is CC(=O)O[C@@H]1O[C@H]2C[C@]34CCCC[C@@]3(O2)[C@H]1OCCO[C@H]4OC(C)=O. The van der Waals surface area contributed by atoms with Crippen LogP contribution in [0.5, 0.6) is 0 Å². The molecule has 0 aromatic heterocycles. The summed E-state index contributed by atoms with van der Waals surface area (Å²) in [5.74, 6) is -0.820. The maximum absolute atomic E-state index is 11.7. The van der Waals surface area contributed by atoms with E-state index in [0.29, 0.717) is 6.42 Å². The lowest BCUT2D eigenvalue weighted by molar-refractivity contribution is -0.378. The second-order valence-electron chi connectivity index (χ2n) is 7.22. The molecule has 25 heavy (non-hydrogen) atoms. The quantitative estimate of drug-likeness (QED) is 0.683. The van der Waals surface area contributed by atoms with Gasteiger partial charge in [-0.25, -0.2) is 0 Å². The summed E-state index contributed by atoms with van der Waals surface area (Å²) in [6.07, 6.45) is 1.28. The third kappa shape index (κ3) is 2.58. The van der Waals surface area contributed by atoms with Gasteiger partial charge in [0, 0.05) is 20.3 Å². The molecule has 3 saturated heterocycles. The highest BCUT2D eigenvalue weighted by Gasteiger charge is 2.74. The van der Waals surface area contributed by atoms with Gasteiger partial charge in [0.15, 0.2) is 6.29 Å². The zero-order chi connectivity index (χ0) is 17.7. The standard InChI is InChI=1S/C17H24O8/c1-10(18)22-14-13-17-6-4-3-5-16(17,9-12(24-14)25-17)15(23-11(2)19)21-8-7-20-13/h12-15H,3-9H2,1-2H3/t12-,13+,14-,15+,16+,17-/m1/s1. The monoisotopic (exact) mass is 356 g/mol. The molecule has 140 valence electrons. The number of ether oxygens (including phenoxy) is 6. The predicted octanol–water partition coefficient (Wildman–Crippen LogP) is 1.26. The van der Waals surface area contributed by atoms with Crippen molar-refractivity contribution >= 4 is 11.9 Å². The fourth-order valence-corrected chi connectivity index (χ4v) is 4.99. The van der Waals surface area contributed by atoms with Crippen LogP contribution in [-0.4, -0.2) is 55.7 Å². The highest BCUT2D eigenvalue weighted by atomic mass is 16.8. The van der Waals surface area contributed by atoms with E-state index in [9.17, 15) is 9.59 Å². The van der Waals surface area contributed by atoms with Gasteiger partial charge in [-0.05, 0) is 12.8 Å². The van der Waals surface area contributed by atoms with E-state index in [1.54, 1.807) is 0 Å². The van der Waals surface area contributed by atoms with Crippen molar-refractivity contribution < 1.29 is 38.0 Å². The first-order chi connectivity index (χ1) is 12.0. The number of esters is 2. The molecule has 3 aliphatic heterocycles. The summed E-state index contributed by atoms with van der Waals surface area (Å²) in [5.41, 5.74) is -1.32. The van der Waals surface area contributed by atoms with Gasteiger partial charge in [0.2, 0.25) is 12.6 Å². The van der Waals surface area contributed by atoms with E-state index < -0.39 is 47.9 Å². The topological polar surface area (TPSA) is 89.5 Å². The van der Waals surface area contributed by atoms with E-state index in [4.69, 9.17) is 28.4 Å². The molecule has 4 fully saturated rings. The molecule has 0 aromatic carbocycles. The minimum Gasteiger partial charge on any atom is -0.435 e. The first-order valence-corrected chi connectivity index (χ1v) is 8.88. The van der Waals surface area contributed by atoms with Crippen molar-refractivity contribution in [2.45, 2.75) is 76.5 Å². The van der Waals surface area contributed by atoms with Gasteiger partial charge in [-0.3, -0.25) is 9.59 Å². The second-order valence-corrected chi connectivity index (χ2v) is 7.22. The minimum absolute atomic E-state index is 0.273. The normalized spacial score (nSPS) is 45.7. The zero-order valence-electron chi connectivity index (χ0n) is 14.5. The molecular weight excluding hydrogens is 332 g/mol. The smallest absolute Gasteiger partial charge is 0.305 e. The second kappa shape index (κ2) is 6.19. The summed E-state index contributed by atoms with van der Waals surface area (Å²) >= 11 is 0. The highest BCUT2D eigenvalue weighted by molar-refractivity contribution is 5.66. The van der Waals surface area contributed by atoms with Crippen LogP contribution >= 0.6 is 0 Å². The summed E-state index contributed by atoms with van der Waals surface area (Å²) < 4.78 is 35.0. The summed E-state index contributed by atoms with van der Waals surface area (Å²) in [4.78, 5) is 23.2. The molecule has 1 aliphatic carbocycles. The lowest BCUT2D eigenvalue weighted by Gasteiger charge is -2.55. The molecule has 1 spiro atoms. The molecule has 0 unspecified atom stereocenters. The van der Waals surface area contributed by atoms with Gasteiger partial charge in [0.05, 0.1) is 18.6 Å². The van der Waals surface area contributed by atoms with Crippen LogP contribution in [-0.2, 0) is 38.0 Å². The minimum atomic E-state index is -0.827. The maximum atomic E-state index is 11.7. The molecular formula is C17H24O8. The molecule has 4 aliphatic rings. The number of hydrogen-bond donors (Lipinski definition) is 0. The fraction of sp³-hybridized carbons (Fsp3) is 0.882. The van der Waals surface area contributed by atoms with E-state index >= 15 is 0 Å². The summed E-state index contributed by atoms with van der Waals surface area (Å²) in [7, 11) is 0. The molecule has 6 atom stereocenters. The van der Waals surface area contributed by atoms with Crippen LogP contribution in [0.4, 0.5) is 0 Å². The van der Waals surface area contributed by atoms with Gasteiger partial charge in [0.1, 0.15) is 11.7 Å². The Morgan fingerprint density at radius 3 is 2.48 bits per heavy atom. The van der Waals surface area contributed by atoms with Crippen LogP contribution in [0.25, 0.3) is 0 Å². The first-order valence-electron chi connectivity index (χ1n) is 8.88. The Morgan fingerprint density at radius 1 is 1.00 bits per heavy atom. The van der Waals surface area contributed by atoms with E-state index in [-0.39, 0.29) is 13.2 Å². The van der Waals surface area contributed by atoms with Crippen LogP contribution in [0, 0.1) is 5.41 Å². The van der Waals surface area contributed by atoms with Crippen LogP contribution in [0.3, 0.4) is 0 Å². The Morgan fingerprint density at radius 2 is 1.72 bits per heavy atom. The Kier molecular flexibility index (Phi) is 4.26. The molecule has 0 radical (unpaired) electrons. The molecule has 2 bridgehead atoms. The van der Waals surface area contributed by atoms with Crippen molar-refractivity contribution in [3.05, 3.63) is 0 Å². The van der Waals surface area contributed by atoms with Crippen molar-refractivity contribution in [1.29, 1.82) is 0 Å². The Balaban J connectivity index is 1.77. The average molecular weight is 356 g/mol. The van der Waals surface area contributed by atoms with E-state index in [1.165, 1.54) is 13.8 Å². The summed E-state index contributed by atoms with van der Waals surface area (Å²) in [6.45, 7) is 3.28. The molecule has 1 saturated carbocycles. The van der Waals surface area contributed by atoms with Gasteiger partial charge in [-0.1, -0.05) is 12.8 Å². The van der Waals surface area contributed by atoms with Crippen LogP contribution in [0.1, 0.15) is 46.0 Å². The van der Waals surface area contributed by atoms with Crippen molar-refractivity contribution in [2.75, 3.05) is 13.2 Å². The number of hydrogen-bond acceptors (Lipinski definition) is 8. The molecule has 8 heteroatoms. The van der Waals surface area contributed by atoms with E-state index in [1.807, 2.05) is 0 Å². The molecule has 4 rings (SSSR count). The van der Waals surface area contributed by atoms with Gasteiger partial charge >= 0.3 is 11.9 Å². The van der Waals surface area contributed by atoms with Gasteiger partial charge in [0.25, 0.3) is 0 Å². The lowest BCUT2D eigenvalue weighted by atomic mass is 9.60. The van der Waals surface area contributed by atoms with Gasteiger partial charge in [-0.15, -0.1) is 0 Å². The molecule has 0 N–H and O–H groups in total. The van der Waals surface area contributed by atoms with Crippen molar-refractivity contribution in [2.24, 2.45) is 5.41 Å². The third-order valence-electron chi connectivity index (χ3n) is 5.79. The lowest BCUT2D eigenvalue weighted by Crippen LogP contribution is -2.67. The predicted molar refractivity (Wildman–Crippen MR) is 81.0 cm³/mol. The van der Waals surface area contributed by atoms with Gasteiger partial charge in [-0.2, -0.15) is 0 Å². The number of carbonyl (C=O) groups excluding carboxylic acids is 2. The average Bonchev–Trinajstić information content (AvgIpc) is 2.79. The van der Waals surface area contributed by atoms with Crippen molar-refractivity contribution in [3.63, 3.8) is 0 Å². The van der Waals surface area contributed by atoms with Crippen molar-refractivity contribution in [3.8, 4) is 0 Å². The molecule has 3 heterocycles. The van der Waals surface area contributed by atoms with Crippen LogP contribution in [0.15, 0.2) is 0 Å². The molecule has 0 amide bonds. The fourth-order valence-electron chi connectivity index (χ4n) is 4.99. The zero-order valence-corrected chi connectivity index (χ0v) is 14.5. The van der Waals surface area contributed by atoms with E-state index in [0.717, 1.165) is 25.7 Å². The largest absolute Gasteiger partial charge is 0.435 e. The molecule has 8 nitrogen and oxygen atoms in total. The third-order valence-corrected chi connectivity index (χ3v) is 5.79. The molecule has 0 aromatic rings.